The minimum atomic E-state index is -4.18. The molecule has 0 aliphatic heterocycles. The van der Waals surface area contributed by atoms with Crippen molar-refractivity contribution in [2.24, 2.45) is 5.73 Å². The molecule has 0 amide bonds. The second-order valence-corrected chi connectivity index (χ2v) is 11.0. The van der Waals surface area contributed by atoms with Crippen molar-refractivity contribution in [1.29, 1.82) is 0 Å². The van der Waals surface area contributed by atoms with Crippen molar-refractivity contribution in [3.63, 3.8) is 0 Å². The minimum Gasteiger partial charge on any atom is -0.480 e. The van der Waals surface area contributed by atoms with Crippen molar-refractivity contribution < 1.29 is 18.3 Å². The van der Waals surface area contributed by atoms with Crippen molar-refractivity contribution in [1.82, 2.24) is 9.97 Å². The molecule has 1 atom stereocenters. The number of rotatable bonds is 10. The van der Waals surface area contributed by atoms with Gasteiger partial charge in [0.25, 0.3) is 0 Å². The van der Waals surface area contributed by atoms with E-state index in [4.69, 9.17) is 10.8 Å². The Morgan fingerprint density at radius 1 is 1.06 bits per heavy atom. The molecule has 3 rings (SSSR count). The van der Waals surface area contributed by atoms with Crippen molar-refractivity contribution in [2.45, 2.75) is 48.9 Å². The topological polar surface area (TPSA) is 135 Å². The number of aliphatic carboxylic acids is 1. The van der Waals surface area contributed by atoms with Gasteiger partial charge in [0.05, 0.1) is 5.69 Å². The molecule has 1 unspecified atom stereocenters. The quantitative estimate of drug-likeness (QED) is 0.367. The van der Waals surface area contributed by atoms with Crippen LogP contribution in [0.4, 0.5) is 5.82 Å². The van der Waals surface area contributed by atoms with E-state index in [1.165, 1.54) is 18.3 Å². The highest BCUT2D eigenvalue weighted by Gasteiger charge is 2.45. The van der Waals surface area contributed by atoms with Crippen LogP contribution < -0.4 is 11.1 Å². The number of carbonyl (C=O) groups is 1. The molecule has 2 aromatic heterocycles. The van der Waals surface area contributed by atoms with Crippen molar-refractivity contribution in [2.75, 3.05) is 11.9 Å². The molecule has 3 aromatic rings. The third kappa shape index (κ3) is 6.17. The standard InChI is InChI=1S/C25H30N4O4S.ClH/c1-4-24(2,3)19-13-11-18(12-14-19)16-25(26,34(32,33)22-10-5-6-15-27-22)20-8-7-9-21(29-20)28-17-23(30)31;/h5-15H,4,16-17,26H2,1-3H3,(H,28,29)(H,30,31);1H. The van der Waals surface area contributed by atoms with E-state index < -0.39 is 20.7 Å². The van der Waals surface area contributed by atoms with E-state index in [2.05, 4.69) is 36.1 Å². The van der Waals surface area contributed by atoms with Crippen molar-refractivity contribution in [3.8, 4) is 0 Å². The number of hydrogen-bond donors (Lipinski definition) is 3. The molecule has 1 aromatic carbocycles. The smallest absolute Gasteiger partial charge is 0.322 e. The summed E-state index contributed by atoms with van der Waals surface area (Å²) in [5.41, 5.74) is 8.65. The van der Waals surface area contributed by atoms with Gasteiger partial charge in [0.1, 0.15) is 12.4 Å². The summed E-state index contributed by atoms with van der Waals surface area (Å²) >= 11 is 0. The summed E-state index contributed by atoms with van der Waals surface area (Å²) in [5, 5.41) is 11.5. The van der Waals surface area contributed by atoms with Gasteiger partial charge in [-0.1, -0.05) is 57.2 Å². The molecule has 35 heavy (non-hydrogen) atoms. The lowest BCUT2D eigenvalue weighted by Gasteiger charge is -2.29. The number of aromatic nitrogens is 2. The van der Waals surface area contributed by atoms with E-state index in [0.29, 0.717) is 0 Å². The highest BCUT2D eigenvalue weighted by molar-refractivity contribution is 7.92. The van der Waals surface area contributed by atoms with Crippen LogP contribution >= 0.6 is 12.4 Å². The predicted octanol–water partition coefficient (Wildman–Crippen LogP) is 3.91. The molecular formula is C25H31ClN4O4S. The fourth-order valence-corrected chi connectivity index (χ4v) is 5.11. The number of carboxylic acid groups (broad SMARTS) is 1. The van der Waals surface area contributed by atoms with Gasteiger partial charge < -0.3 is 16.2 Å². The summed E-state index contributed by atoms with van der Waals surface area (Å²) in [6.07, 6.45) is 2.31. The molecule has 0 saturated carbocycles. The molecule has 2 heterocycles. The second-order valence-electron chi connectivity index (χ2n) is 8.83. The van der Waals surface area contributed by atoms with Gasteiger partial charge in [-0.3, -0.25) is 4.79 Å². The summed E-state index contributed by atoms with van der Waals surface area (Å²) < 4.78 is 27.5. The van der Waals surface area contributed by atoms with Crippen LogP contribution in [0.3, 0.4) is 0 Å². The zero-order valence-electron chi connectivity index (χ0n) is 19.9. The molecule has 0 aliphatic carbocycles. The predicted molar refractivity (Wildman–Crippen MR) is 138 cm³/mol. The summed E-state index contributed by atoms with van der Waals surface area (Å²) in [6, 6.07) is 17.0. The van der Waals surface area contributed by atoms with Gasteiger partial charge in [-0.2, -0.15) is 0 Å². The number of benzene rings is 1. The van der Waals surface area contributed by atoms with E-state index in [0.717, 1.165) is 17.5 Å². The van der Waals surface area contributed by atoms with Crippen LogP contribution in [0.15, 0.2) is 71.9 Å². The normalized spacial score (nSPS) is 13.4. The Bertz CT molecular complexity index is 1250. The number of nitrogens with one attached hydrogen (secondary N) is 1. The summed E-state index contributed by atoms with van der Waals surface area (Å²) in [5.74, 6) is -0.853. The van der Waals surface area contributed by atoms with Crippen molar-refractivity contribution in [3.05, 3.63) is 83.7 Å². The Kier molecular flexibility index (Phi) is 9.00. The van der Waals surface area contributed by atoms with E-state index in [1.54, 1.807) is 24.3 Å². The minimum absolute atomic E-state index is 0. The maximum atomic E-state index is 13.8. The molecule has 0 bridgehead atoms. The Labute approximate surface area is 212 Å². The van der Waals surface area contributed by atoms with E-state index in [1.807, 2.05) is 24.3 Å². The lowest BCUT2D eigenvalue weighted by Crippen LogP contribution is -2.47. The Hall–Kier alpha value is -3.01. The molecule has 0 radical (unpaired) electrons. The van der Waals surface area contributed by atoms with Gasteiger partial charge >= 0.3 is 5.97 Å². The van der Waals surface area contributed by atoms with Gasteiger partial charge in [0.2, 0.25) is 9.84 Å². The molecule has 10 heteroatoms. The SMILES string of the molecule is CCC(C)(C)c1ccc(CC(N)(c2cccc(NCC(=O)O)n2)S(=O)(=O)c2ccccn2)cc1.Cl. The van der Waals surface area contributed by atoms with Crippen LogP contribution in [-0.2, 0) is 31.3 Å². The third-order valence-corrected chi connectivity index (χ3v) is 8.19. The molecular weight excluding hydrogens is 488 g/mol. The molecule has 4 N–H and O–H groups in total. The highest BCUT2D eigenvalue weighted by Crippen LogP contribution is 2.34. The van der Waals surface area contributed by atoms with E-state index >= 15 is 0 Å². The number of anilines is 1. The first-order chi connectivity index (χ1) is 16.0. The van der Waals surface area contributed by atoms with Gasteiger partial charge in [0.15, 0.2) is 9.90 Å². The first-order valence-corrected chi connectivity index (χ1v) is 12.4. The number of sulfone groups is 1. The molecule has 0 fully saturated rings. The van der Waals surface area contributed by atoms with Crippen LogP contribution in [0, 0.1) is 0 Å². The average molecular weight is 519 g/mol. The van der Waals surface area contributed by atoms with Gasteiger partial charge in [-0.25, -0.2) is 18.4 Å². The first-order valence-electron chi connectivity index (χ1n) is 11.0. The Balaban J connectivity index is 0.00000432. The Morgan fingerprint density at radius 2 is 1.74 bits per heavy atom. The Morgan fingerprint density at radius 3 is 2.31 bits per heavy atom. The van der Waals surface area contributed by atoms with Crippen LogP contribution in [0.2, 0.25) is 0 Å². The molecule has 8 nitrogen and oxygen atoms in total. The number of carboxylic acids is 1. The average Bonchev–Trinajstić information content (AvgIpc) is 2.83. The second kappa shape index (κ2) is 11.2. The number of nitrogens with two attached hydrogens (primary N) is 1. The molecule has 0 spiro atoms. The maximum Gasteiger partial charge on any atom is 0.322 e. The largest absolute Gasteiger partial charge is 0.480 e. The number of halogens is 1. The fourth-order valence-electron chi connectivity index (χ4n) is 3.53. The van der Waals surface area contributed by atoms with Crippen LogP contribution in [0.25, 0.3) is 0 Å². The lowest BCUT2D eigenvalue weighted by atomic mass is 9.82. The lowest BCUT2D eigenvalue weighted by molar-refractivity contribution is -0.134. The van der Waals surface area contributed by atoms with Gasteiger partial charge in [-0.05, 0) is 47.2 Å². The fraction of sp³-hybridized carbons (Fsp3) is 0.320. The summed E-state index contributed by atoms with van der Waals surface area (Å²) in [6.45, 7) is 6.06. The summed E-state index contributed by atoms with van der Waals surface area (Å²) in [4.78, 5) is 17.4. The first kappa shape index (κ1) is 28.2. The van der Waals surface area contributed by atoms with Gasteiger partial charge in [-0.15, -0.1) is 12.4 Å². The third-order valence-electron chi connectivity index (χ3n) is 6.08. The van der Waals surface area contributed by atoms with Crippen LogP contribution in [0.5, 0.6) is 0 Å². The highest BCUT2D eigenvalue weighted by atomic mass is 35.5. The number of pyridine rings is 2. The summed E-state index contributed by atoms with van der Waals surface area (Å²) in [7, 11) is -4.18. The molecule has 188 valence electrons. The van der Waals surface area contributed by atoms with Crippen molar-refractivity contribution >= 4 is 34.0 Å². The van der Waals surface area contributed by atoms with E-state index in [9.17, 15) is 13.2 Å². The van der Waals surface area contributed by atoms with Crippen LogP contribution in [-0.4, -0.2) is 36.0 Å². The molecule has 0 aliphatic rings. The van der Waals surface area contributed by atoms with E-state index in [-0.39, 0.29) is 47.3 Å². The zero-order chi connectivity index (χ0) is 25.0. The van der Waals surface area contributed by atoms with Crippen LogP contribution in [0.1, 0.15) is 44.0 Å². The zero-order valence-corrected chi connectivity index (χ0v) is 21.6. The number of hydrogen-bond acceptors (Lipinski definition) is 7. The number of nitrogens with zero attached hydrogens (tertiary/aromatic N) is 2. The van der Waals surface area contributed by atoms with Gasteiger partial charge in [0, 0.05) is 12.6 Å². The monoisotopic (exact) mass is 518 g/mol. The maximum absolute atomic E-state index is 13.8. The molecule has 0 saturated heterocycles.